The van der Waals surface area contributed by atoms with Crippen LogP contribution >= 0.6 is 0 Å². The maximum atomic E-state index is 5.37. The van der Waals surface area contributed by atoms with E-state index in [4.69, 9.17) is 9.47 Å². The van der Waals surface area contributed by atoms with Gasteiger partial charge < -0.3 is 14.8 Å². The van der Waals surface area contributed by atoms with Crippen molar-refractivity contribution in [1.82, 2.24) is 5.32 Å². The van der Waals surface area contributed by atoms with Gasteiger partial charge in [0.05, 0.1) is 12.9 Å². The quantitative estimate of drug-likeness (QED) is 0.624. The molecular weight excluding hydrogens is 154 g/mol. The number of hydrogen-bond donors (Lipinski definition) is 1. The zero-order valence-corrected chi connectivity index (χ0v) is 7.58. The van der Waals surface area contributed by atoms with E-state index in [2.05, 4.69) is 11.4 Å². The van der Waals surface area contributed by atoms with E-state index in [1.54, 1.807) is 13.4 Å². The highest BCUT2D eigenvalue weighted by Gasteiger charge is 2.09. The lowest BCUT2D eigenvalue weighted by atomic mass is 10.1. The minimum Gasteiger partial charge on any atom is -0.497 e. The predicted octanol–water partition coefficient (Wildman–Crippen LogP) is 0.915. The van der Waals surface area contributed by atoms with E-state index in [1.807, 2.05) is 0 Å². The van der Waals surface area contributed by atoms with Gasteiger partial charge in [-0.05, 0) is 18.9 Å². The van der Waals surface area contributed by atoms with Gasteiger partial charge in [-0.2, -0.15) is 0 Å². The highest BCUT2D eigenvalue weighted by molar-refractivity contribution is 4.82. The Balaban J connectivity index is 1.95. The van der Waals surface area contributed by atoms with Crippen LogP contribution in [0, 0.1) is 0 Å². The standard InChI is InChI=1S/C9H17NO2/c1-11-7-5-10-8-9-4-2-3-6-12-9/h3,6,9-10H,2,4-5,7-8H2,1H3. The summed E-state index contributed by atoms with van der Waals surface area (Å²) in [6.45, 7) is 2.59. The van der Waals surface area contributed by atoms with Crippen LogP contribution in [-0.2, 0) is 9.47 Å². The molecule has 1 unspecified atom stereocenters. The molecule has 12 heavy (non-hydrogen) atoms. The monoisotopic (exact) mass is 171 g/mol. The van der Waals surface area contributed by atoms with Gasteiger partial charge in [0.1, 0.15) is 6.10 Å². The smallest absolute Gasteiger partial charge is 0.110 e. The lowest BCUT2D eigenvalue weighted by Gasteiger charge is -2.19. The molecule has 0 fully saturated rings. The first-order valence-electron chi connectivity index (χ1n) is 4.43. The molecule has 0 amide bonds. The summed E-state index contributed by atoms with van der Waals surface area (Å²) in [5, 5.41) is 3.27. The average molecular weight is 171 g/mol. The first kappa shape index (κ1) is 9.55. The van der Waals surface area contributed by atoms with Crippen molar-refractivity contribution < 1.29 is 9.47 Å². The second-order valence-electron chi connectivity index (χ2n) is 2.90. The summed E-state index contributed by atoms with van der Waals surface area (Å²) < 4.78 is 10.3. The topological polar surface area (TPSA) is 30.5 Å². The Morgan fingerprint density at radius 3 is 3.25 bits per heavy atom. The summed E-state index contributed by atoms with van der Waals surface area (Å²) in [7, 11) is 1.71. The number of hydrogen-bond acceptors (Lipinski definition) is 3. The molecule has 3 heteroatoms. The van der Waals surface area contributed by atoms with Crippen molar-refractivity contribution in [3.63, 3.8) is 0 Å². The number of rotatable bonds is 5. The van der Waals surface area contributed by atoms with Crippen molar-refractivity contribution in [1.29, 1.82) is 0 Å². The van der Waals surface area contributed by atoms with E-state index >= 15 is 0 Å². The lowest BCUT2D eigenvalue weighted by Crippen LogP contribution is -2.31. The predicted molar refractivity (Wildman–Crippen MR) is 48.0 cm³/mol. The molecule has 1 aliphatic rings. The first-order valence-corrected chi connectivity index (χ1v) is 4.43. The van der Waals surface area contributed by atoms with Crippen LogP contribution in [0.5, 0.6) is 0 Å². The second kappa shape index (κ2) is 6.03. The summed E-state index contributed by atoms with van der Waals surface area (Å²) in [6, 6.07) is 0. The molecule has 0 radical (unpaired) electrons. The van der Waals surface area contributed by atoms with Crippen molar-refractivity contribution in [3.05, 3.63) is 12.3 Å². The molecule has 1 N–H and O–H groups in total. The average Bonchev–Trinajstić information content (AvgIpc) is 2.14. The minimum atomic E-state index is 0.354. The highest BCUT2D eigenvalue weighted by Crippen LogP contribution is 2.08. The van der Waals surface area contributed by atoms with Crippen molar-refractivity contribution in [3.8, 4) is 0 Å². The fraction of sp³-hybridized carbons (Fsp3) is 0.778. The van der Waals surface area contributed by atoms with Crippen LogP contribution in [0.15, 0.2) is 12.3 Å². The molecule has 70 valence electrons. The van der Waals surface area contributed by atoms with Crippen LogP contribution in [0.25, 0.3) is 0 Å². The van der Waals surface area contributed by atoms with E-state index < -0.39 is 0 Å². The van der Waals surface area contributed by atoms with Gasteiger partial charge in [-0.3, -0.25) is 0 Å². The molecule has 1 aliphatic heterocycles. The van der Waals surface area contributed by atoms with E-state index in [0.29, 0.717) is 6.10 Å². The Kier molecular flexibility index (Phi) is 4.80. The molecular formula is C9H17NO2. The van der Waals surface area contributed by atoms with Gasteiger partial charge in [-0.15, -0.1) is 0 Å². The molecule has 1 heterocycles. The normalized spacial score (nSPS) is 22.2. The zero-order valence-electron chi connectivity index (χ0n) is 7.58. The Labute approximate surface area is 73.7 Å². The molecule has 3 nitrogen and oxygen atoms in total. The summed E-state index contributed by atoms with van der Waals surface area (Å²) in [4.78, 5) is 0. The van der Waals surface area contributed by atoms with Gasteiger partial charge in [0, 0.05) is 20.2 Å². The largest absolute Gasteiger partial charge is 0.497 e. The Bertz CT molecular complexity index is 136. The number of allylic oxidation sites excluding steroid dienone is 1. The van der Waals surface area contributed by atoms with Crippen molar-refractivity contribution in [2.24, 2.45) is 0 Å². The Morgan fingerprint density at radius 1 is 1.67 bits per heavy atom. The molecule has 0 aromatic heterocycles. The van der Waals surface area contributed by atoms with Gasteiger partial charge >= 0.3 is 0 Å². The van der Waals surface area contributed by atoms with Crippen molar-refractivity contribution in [2.75, 3.05) is 26.8 Å². The third-order valence-corrected chi connectivity index (χ3v) is 1.88. The zero-order chi connectivity index (χ0) is 8.65. The second-order valence-corrected chi connectivity index (χ2v) is 2.90. The van der Waals surface area contributed by atoms with E-state index in [0.717, 1.165) is 32.5 Å². The summed E-state index contributed by atoms with van der Waals surface area (Å²) in [5.74, 6) is 0. The van der Waals surface area contributed by atoms with E-state index in [1.165, 1.54) is 0 Å². The van der Waals surface area contributed by atoms with E-state index in [9.17, 15) is 0 Å². The van der Waals surface area contributed by atoms with Gasteiger partial charge in [-0.1, -0.05) is 0 Å². The van der Waals surface area contributed by atoms with Gasteiger partial charge in [0.2, 0.25) is 0 Å². The number of ether oxygens (including phenoxy) is 2. The summed E-state index contributed by atoms with van der Waals surface area (Å²) in [6.07, 6.45) is 6.47. The van der Waals surface area contributed by atoms with Crippen LogP contribution in [0.1, 0.15) is 12.8 Å². The lowest BCUT2D eigenvalue weighted by molar-refractivity contribution is 0.118. The van der Waals surface area contributed by atoms with E-state index in [-0.39, 0.29) is 0 Å². The minimum absolute atomic E-state index is 0.354. The van der Waals surface area contributed by atoms with Gasteiger partial charge in [0.15, 0.2) is 0 Å². The Morgan fingerprint density at radius 2 is 2.58 bits per heavy atom. The molecule has 0 aliphatic carbocycles. The van der Waals surface area contributed by atoms with Gasteiger partial charge in [0.25, 0.3) is 0 Å². The Hall–Kier alpha value is -0.540. The van der Waals surface area contributed by atoms with Crippen LogP contribution < -0.4 is 5.32 Å². The SMILES string of the molecule is COCCNCC1CCC=CO1. The van der Waals surface area contributed by atoms with Gasteiger partial charge in [-0.25, -0.2) is 0 Å². The molecule has 1 rings (SSSR count). The summed E-state index contributed by atoms with van der Waals surface area (Å²) >= 11 is 0. The van der Waals surface area contributed by atoms with Crippen LogP contribution in [0.2, 0.25) is 0 Å². The highest BCUT2D eigenvalue weighted by atomic mass is 16.5. The molecule has 0 bridgehead atoms. The third kappa shape index (κ3) is 3.74. The molecule has 1 atom stereocenters. The number of methoxy groups -OCH3 is 1. The van der Waals surface area contributed by atoms with Crippen LogP contribution in [-0.4, -0.2) is 32.9 Å². The molecule has 0 aromatic carbocycles. The van der Waals surface area contributed by atoms with Crippen molar-refractivity contribution in [2.45, 2.75) is 18.9 Å². The maximum absolute atomic E-state index is 5.37. The fourth-order valence-electron chi connectivity index (χ4n) is 1.17. The van der Waals surface area contributed by atoms with Crippen LogP contribution in [0.3, 0.4) is 0 Å². The van der Waals surface area contributed by atoms with Crippen molar-refractivity contribution >= 4 is 0 Å². The molecule has 0 saturated heterocycles. The molecule has 0 spiro atoms. The first-order chi connectivity index (χ1) is 5.93. The van der Waals surface area contributed by atoms with Crippen LogP contribution in [0.4, 0.5) is 0 Å². The molecule has 0 aromatic rings. The molecule has 0 saturated carbocycles. The maximum Gasteiger partial charge on any atom is 0.110 e. The third-order valence-electron chi connectivity index (χ3n) is 1.88. The number of nitrogens with one attached hydrogen (secondary N) is 1. The fourth-order valence-corrected chi connectivity index (χ4v) is 1.17. The summed E-state index contributed by atoms with van der Waals surface area (Å²) in [5.41, 5.74) is 0.